The number of amides is 2. The SMILES string of the molecule is Cn1cnnc1-c1ccc(NC(=O)c2ccc(C(=O)Nc3ccc(-c4nncn4C)cc3)c(Cl)c2)cc1. The van der Waals surface area contributed by atoms with Gasteiger partial charge < -0.3 is 19.8 Å². The van der Waals surface area contributed by atoms with E-state index in [2.05, 4.69) is 31.0 Å². The van der Waals surface area contributed by atoms with E-state index in [9.17, 15) is 9.59 Å². The maximum Gasteiger partial charge on any atom is 0.257 e. The summed E-state index contributed by atoms with van der Waals surface area (Å²) in [6, 6.07) is 19.0. The largest absolute Gasteiger partial charge is 0.322 e. The summed E-state index contributed by atoms with van der Waals surface area (Å²) >= 11 is 6.37. The van der Waals surface area contributed by atoms with E-state index in [1.807, 2.05) is 42.9 Å². The molecule has 0 fully saturated rings. The normalized spacial score (nSPS) is 10.8. The lowest BCUT2D eigenvalue weighted by Crippen LogP contribution is -2.15. The van der Waals surface area contributed by atoms with Gasteiger partial charge in [0.1, 0.15) is 12.7 Å². The quantitative estimate of drug-likeness (QED) is 0.347. The second-order valence-electron chi connectivity index (χ2n) is 8.29. The fourth-order valence-corrected chi connectivity index (χ4v) is 4.00. The number of halogens is 1. The average molecular weight is 513 g/mol. The highest BCUT2D eigenvalue weighted by atomic mass is 35.5. The summed E-state index contributed by atoms with van der Waals surface area (Å²) in [6.45, 7) is 0. The van der Waals surface area contributed by atoms with Crippen LogP contribution in [0.4, 0.5) is 11.4 Å². The van der Waals surface area contributed by atoms with Gasteiger partial charge in [-0.05, 0) is 66.7 Å². The van der Waals surface area contributed by atoms with Crippen molar-refractivity contribution in [1.82, 2.24) is 29.5 Å². The Labute approximate surface area is 216 Å². The number of hydrogen-bond donors (Lipinski definition) is 2. The summed E-state index contributed by atoms with van der Waals surface area (Å²) in [5.41, 5.74) is 3.53. The average Bonchev–Trinajstić information content (AvgIpc) is 3.52. The minimum absolute atomic E-state index is 0.165. The van der Waals surface area contributed by atoms with Crippen LogP contribution in [0, 0.1) is 0 Å². The minimum atomic E-state index is -0.386. The zero-order valence-electron chi connectivity index (χ0n) is 19.9. The van der Waals surface area contributed by atoms with Crippen LogP contribution in [0.5, 0.6) is 0 Å². The number of anilines is 2. The summed E-state index contributed by atoms with van der Waals surface area (Å²) in [5, 5.41) is 21.7. The minimum Gasteiger partial charge on any atom is -0.322 e. The molecule has 2 heterocycles. The maximum atomic E-state index is 12.8. The molecular weight excluding hydrogens is 492 g/mol. The number of nitrogens with one attached hydrogen (secondary N) is 2. The molecule has 184 valence electrons. The second kappa shape index (κ2) is 10.0. The summed E-state index contributed by atoms with van der Waals surface area (Å²) in [7, 11) is 3.71. The van der Waals surface area contributed by atoms with E-state index in [1.54, 1.807) is 47.6 Å². The van der Waals surface area contributed by atoms with Gasteiger partial charge in [-0.1, -0.05) is 11.6 Å². The number of hydrogen-bond acceptors (Lipinski definition) is 6. The van der Waals surface area contributed by atoms with Crippen LogP contribution >= 0.6 is 11.6 Å². The highest BCUT2D eigenvalue weighted by Crippen LogP contribution is 2.23. The smallest absolute Gasteiger partial charge is 0.257 e. The van der Waals surface area contributed by atoms with Gasteiger partial charge in [0.15, 0.2) is 11.6 Å². The van der Waals surface area contributed by atoms with Crippen LogP contribution < -0.4 is 10.6 Å². The van der Waals surface area contributed by atoms with Gasteiger partial charge in [0, 0.05) is 42.2 Å². The third kappa shape index (κ3) is 5.09. The predicted octanol–water partition coefficient (Wildman–Crippen LogP) is 4.44. The highest BCUT2D eigenvalue weighted by molar-refractivity contribution is 6.35. The Hall–Kier alpha value is -4.83. The van der Waals surface area contributed by atoms with Crippen molar-refractivity contribution in [2.24, 2.45) is 14.1 Å². The molecule has 10 nitrogen and oxygen atoms in total. The van der Waals surface area contributed by atoms with Crippen LogP contribution in [0.1, 0.15) is 20.7 Å². The van der Waals surface area contributed by atoms with Crippen molar-refractivity contribution in [3.8, 4) is 22.8 Å². The van der Waals surface area contributed by atoms with E-state index in [0.717, 1.165) is 22.8 Å². The van der Waals surface area contributed by atoms with Crippen molar-refractivity contribution < 1.29 is 9.59 Å². The van der Waals surface area contributed by atoms with Crippen molar-refractivity contribution in [3.05, 3.63) is 95.5 Å². The molecule has 3 aromatic carbocycles. The Morgan fingerprint density at radius 2 is 1.19 bits per heavy atom. The first kappa shape index (κ1) is 23.9. The Balaban J connectivity index is 1.24. The number of rotatable bonds is 6. The van der Waals surface area contributed by atoms with Crippen molar-refractivity contribution in [1.29, 1.82) is 0 Å². The van der Waals surface area contributed by atoms with Crippen LogP contribution in [0.3, 0.4) is 0 Å². The second-order valence-corrected chi connectivity index (χ2v) is 8.70. The topological polar surface area (TPSA) is 120 Å². The van der Waals surface area contributed by atoms with Crippen LogP contribution in [-0.4, -0.2) is 41.3 Å². The Morgan fingerprint density at radius 1 is 0.703 bits per heavy atom. The third-order valence-corrected chi connectivity index (χ3v) is 6.01. The summed E-state index contributed by atoms with van der Waals surface area (Å²) in [4.78, 5) is 25.5. The molecule has 0 atom stereocenters. The van der Waals surface area contributed by atoms with Gasteiger partial charge in [-0.3, -0.25) is 9.59 Å². The molecule has 11 heteroatoms. The molecule has 0 aliphatic rings. The molecule has 0 radical (unpaired) electrons. The Bertz CT molecular complexity index is 1590. The summed E-state index contributed by atoms with van der Waals surface area (Å²) in [6.07, 6.45) is 3.24. The van der Waals surface area contributed by atoms with Crippen LogP contribution in [0.25, 0.3) is 22.8 Å². The number of carbonyl (C=O) groups is 2. The van der Waals surface area contributed by atoms with Crippen molar-refractivity contribution >= 4 is 34.8 Å². The number of aryl methyl sites for hydroxylation is 2. The first-order chi connectivity index (χ1) is 17.9. The van der Waals surface area contributed by atoms with Gasteiger partial charge in [0.2, 0.25) is 0 Å². The summed E-state index contributed by atoms with van der Waals surface area (Å²) < 4.78 is 3.61. The fraction of sp³-hybridized carbons (Fsp3) is 0.0769. The molecule has 37 heavy (non-hydrogen) atoms. The van der Waals surface area contributed by atoms with E-state index < -0.39 is 0 Å². The molecule has 2 amide bonds. The molecule has 5 rings (SSSR count). The first-order valence-electron chi connectivity index (χ1n) is 11.2. The number of carbonyl (C=O) groups excluding carboxylic acids is 2. The van der Waals surface area contributed by atoms with Crippen LogP contribution in [0.2, 0.25) is 5.02 Å². The lowest BCUT2D eigenvalue weighted by molar-refractivity contribution is 0.101. The number of nitrogens with zero attached hydrogens (tertiary/aromatic N) is 6. The first-order valence-corrected chi connectivity index (χ1v) is 11.6. The van der Waals surface area contributed by atoms with Crippen molar-refractivity contribution in [3.63, 3.8) is 0 Å². The van der Waals surface area contributed by atoms with Gasteiger partial charge in [-0.25, -0.2) is 0 Å². The zero-order valence-corrected chi connectivity index (χ0v) is 20.6. The lowest BCUT2D eigenvalue weighted by Gasteiger charge is -2.10. The highest BCUT2D eigenvalue weighted by Gasteiger charge is 2.15. The standard InChI is InChI=1S/C26H21ClN8O2/c1-34-14-28-32-23(34)16-3-8-19(9-4-16)30-25(36)18-7-12-21(22(27)13-18)26(37)31-20-10-5-17(6-11-20)24-33-29-15-35(24)2/h3-15H,1-2H3,(H,30,36)(H,31,37). The van der Waals surface area contributed by atoms with Crippen molar-refractivity contribution in [2.75, 3.05) is 10.6 Å². The summed E-state index contributed by atoms with van der Waals surface area (Å²) in [5.74, 6) is 0.707. The Morgan fingerprint density at radius 3 is 1.62 bits per heavy atom. The van der Waals surface area contributed by atoms with E-state index in [-0.39, 0.29) is 22.4 Å². The molecule has 2 N–H and O–H groups in total. The molecule has 0 saturated carbocycles. The monoisotopic (exact) mass is 512 g/mol. The van der Waals surface area contributed by atoms with Gasteiger partial charge in [-0.15, -0.1) is 20.4 Å². The van der Waals surface area contributed by atoms with E-state index in [4.69, 9.17) is 11.6 Å². The molecule has 0 spiro atoms. The molecule has 0 unspecified atom stereocenters. The third-order valence-electron chi connectivity index (χ3n) is 5.70. The van der Waals surface area contributed by atoms with E-state index in [0.29, 0.717) is 16.9 Å². The molecule has 0 aliphatic carbocycles. The maximum absolute atomic E-state index is 12.8. The molecule has 0 aliphatic heterocycles. The van der Waals surface area contributed by atoms with E-state index >= 15 is 0 Å². The molecule has 0 bridgehead atoms. The van der Waals surface area contributed by atoms with Gasteiger partial charge >= 0.3 is 0 Å². The fourth-order valence-electron chi connectivity index (χ4n) is 3.74. The van der Waals surface area contributed by atoms with Gasteiger partial charge in [-0.2, -0.15) is 0 Å². The zero-order chi connectivity index (χ0) is 25.9. The lowest BCUT2D eigenvalue weighted by atomic mass is 10.1. The molecular formula is C26H21ClN8O2. The van der Waals surface area contributed by atoms with Crippen LogP contribution in [-0.2, 0) is 14.1 Å². The van der Waals surface area contributed by atoms with Gasteiger partial charge in [0.05, 0.1) is 10.6 Å². The van der Waals surface area contributed by atoms with Crippen molar-refractivity contribution in [2.45, 2.75) is 0 Å². The van der Waals surface area contributed by atoms with E-state index in [1.165, 1.54) is 12.1 Å². The Kier molecular flexibility index (Phi) is 6.48. The van der Waals surface area contributed by atoms with Gasteiger partial charge in [0.25, 0.3) is 11.8 Å². The molecule has 0 saturated heterocycles. The molecule has 5 aromatic rings. The number of aromatic nitrogens is 6. The number of benzene rings is 3. The predicted molar refractivity (Wildman–Crippen MR) is 140 cm³/mol. The van der Waals surface area contributed by atoms with Crippen LogP contribution in [0.15, 0.2) is 79.4 Å². The molecule has 2 aromatic heterocycles.